The molecule has 3 rings (SSSR count). The van der Waals surface area contributed by atoms with Crippen molar-refractivity contribution < 1.29 is 19.4 Å². The van der Waals surface area contributed by atoms with Gasteiger partial charge in [-0.3, -0.25) is 9.69 Å². The highest BCUT2D eigenvalue weighted by Gasteiger charge is 2.40. The van der Waals surface area contributed by atoms with Crippen LogP contribution in [0.5, 0.6) is 0 Å². The first-order chi connectivity index (χ1) is 12.7. The van der Waals surface area contributed by atoms with E-state index in [1.54, 1.807) is 20.8 Å². The summed E-state index contributed by atoms with van der Waals surface area (Å²) in [6, 6.07) is 13.3. The van der Waals surface area contributed by atoms with Gasteiger partial charge in [-0.05, 0) is 43.2 Å². The third kappa shape index (κ3) is 4.77. The minimum atomic E-state index is -0.728. The molecule has 6 nitrogen and oxygen atoms in total. The molecule has 1 heterocycles. The summed E-state index contributed by atoms with van der Waals surface area (Å²) >= 11 is 0. The van der Waals surface area contributed by atoms with Crippen LogP contribution in [-0.2, 0) is 16.1 Å². The average molecular weight is 370 g/mol. The predicted octanol–water partition coefficient (Wildman–Crippen LogP) is 2.83. The molecule has 1 fully saturated rings. The SMILES string of the molecule is CC(C)(C)OC(=O)N1C[C@H](O)C[C@H]1C(=O)NCc1ccc2ccccc2c1. The summed E-state index contributed by atoms with van der Waals surface area (Å²) in [5.41, 5.74) is 0.320. The molecule has 6 heteroatoms. The largest absolute Gasteiger partial charge is 0.444 e. The molecule has 2 atom stereocenters. The van der Waals surface area contributed by atoms with Gasteiger partial charge in [-0.25, -0.2) is 4.79 Å². The quantitative estimate of drug-likeness (QED) is 0.871. The van der Waals surface area contributed by atoms with Crippen LogP contribution in [0.15, 0.2) is 42.5 Å². The van der Waals surface area contributed by atoms with Crippen molar-refractivity contribution in [3.8, 4) is 0 Å². The van der Waals surface area contributed by atoms with Crippen LogP contribution in [-0.4, -0.2) is 46.3 Å². The second-order valence-electron chi connectivity index (χ2n) is 7.94. The van der Waals surface area contributed by atoms with Gasteiger partial charge in [-0.15, -0.1) is 0 Å². The summed E-state index contributed by atoms with van der Waals surface area (Å²) in [6.45, 7) is 5.77. The number of benzene rings is 2. The minimum absolute atomic E-state index is 0.100. The summed E-state index contributed by atoms with van der Waals surface area (Å²) < 4.78 is 5.36. The molecule has 1 aliphatic rings. The molecule has 0 aromatic heterocycles. The lowest BCUT2D eigenvalue weighted by Gasteiger charge is -2.27. The number of likely N-dealkylation sites (tertiary alicyclic amines) is 1. The van der Waals surface area contributed by atoms with Crippen LogP contribution in [0.3, 0.4) is 0 Å². The number of hydrogen-bond donors (Lipinski definition) is 2. The maximum atomic E-state index is 12.6. The van der Waals surface area contributed by atoms with E-state index in [1.165, 1.54) is 4.90 Å². The highest BCUT2D eigenvalue weighted by atomic mass is 16.6. The van der Waals surface area contributed by atoms with Gasteiger partial charge in [-0.2, -0.15) is 0 Å². The van der Waals surface area contributed by atoms with Crippen molar-refractivity contribution in [1.82, 2.24) is 10.2 Å². The molecule has 1 aliphatic heterocycles. The monoisotopic (exact) mass is 370 g/mol. The van der Waals surface area contributed by atoms with E-state index in [2.05, 4.69) is 5.32 Å². The van der Waals surface area contributed by atoms with E-state index in [0.717, 1.165) is 16.3 Å². The number of carbonyl (C=O) groups is 2. The van der Waals surface area contributed by atoms with Gasteiger partial charge in [0.25, 0.3) is 0 Å². The number of amides is 2. The highest BCUT2D eigenvalue weighted by Crippen LogP contribution is 2.22. The lowest BCUT2D eigenvalue weighted by molar-refractivity contribution is -0.125. The van der Waals surface area contributed by atoms with Crippen LogP contribution in [0, 0.1) is 0 Å². The van der Waals surface area contributed by atoms with E-state index in [0.29, 0.717) is 6.54 Å². The smallest absolute Gasteiger partial charge is 0.411 e. The molecule has 0 spiro atoms. The number of nitrogens with one attached hydrogen (secondary N) is 1. The van der Waals surface area contributed by atoms with E-state index >= 15 is 0 Å². The summed E-state index contributed by atoms with van der Waals surface area (Å²) in [5.74, 6) is -0.287. The molecule has 0 unspecified atom stereocenters. The molecular formula is C21H26N2O4. The van der Waals surface area contributed by atoms with Crippen molar-refractivity contribution in [2.45, 2.75) is 51.5 Å². The minimum Gasteiger partial charge on any atom is -0.444 e. The van der Waals surface area contributed by atoms with E-state index < -0.39 is 23.8 Å². The van der Waals surface area contributed by atoms with Crippen LogP contribution in [0.4, 0.5) is 4.79 Å². The predicted molar refractivity (Wildman–Crippen MR) is 103 cm³/mol. The molecule has 2 N–H and O–H groups in total. The van der Waals surface area contributed by atoms with E-state index in [4.69, 9.17) is 4.74 Å². The first kappa shape index (κ1) is 19.2. The van der Waals surface area contributed by atoms with Crippen molar-refractivity contribution in [2.24, 2.45) is 0 Å². The fourth-order valence-electron chi connectivity index (χ4n) is 3.24. The van der Waals surface area contributed by atoms with E-state index in [-0.39, 0.29) is 18.9 Å². The fraction of sp³-hybridized carbons (Fsp3) is 0.429. The number of β-amino-alcohol motifs (C(OH)–C–C–N with tert-alkyl or cyclic N) is 1. The standard InChI is InChI=1S/C21H26N2O4/c1-21(2,3)27-20(26)23-13-17(24)11-18(23)19(25)22-12-14-8-9-15-6-4-5-7-16(15)10-14/h4-10,17-18,24H,11-13H2,1-3H3,(H,22,25)/t17-,18+/m1/s1. The molecule has 0 radical (unpaired) electrons. The normalized spacial score (nSPS) is 19.9. The van der Waals surface area contributed by atoms with Crippen LogP contribution in [0.2, 0.25) is 0 Å². The number of hydrogen-bond acceptors (Lipinski definition) is 4. The number of carbonyl (C=O) groups excluding carboxylic acids is 2. The molecule has 0 saturated carbocycles. The van der Waals surface area contributed by atoms with Crippen molar-refractivity contribution in [2.75, 3.05) is 6.54 Å². The van der Waals surface area contributed by atoms with Gasteiger partial charge in [0.15, 0.2) is 0 Å². The van der Waals surface area contributed by atoms with E-state index in [1.807, 2.05) is 42.5 Å². The first-order valence-electron chi connectivity index (χ1n) is 9.16. The lowest BCUT2D eigenvalue weighted by atomic mass is 10.1. The summed E-state index contributed by atoms with van der Waals surface area (Å²) in [7, 11) is 0. The Labute approximate surface area is 159 Å². The van der Waals surface area contributed by atoms with Crippen molar-refractivity contribution in [1.29, 1.82) is 0 Å². The van der Waals surface area contributed by atoms with E-state index in [9.17, 15) is 14.7 Å². The van der Waals surface area contributed by atoms with Crippen molar-refractivity contribution >= 4 is 22.8 Å². The van der Waals surface area contributed by atoms with Gasteiger partial charge < -0.3 is 15.2 Å². The summed E-state index contributed by atoms with van der Waals surface area (Å²) in [4.78, 5) is 26.3. The Kier molecular flexibility index (Phi) is 5.37. The number of fused-ring (bicyclic) bond motifs is 1. The maximum absolute atomic E-state index is 12.6. The average Bonchev–Trinajstić information content (AvgIpc) is 3.00. The van der Waals surface area contributed by atoms with Crippen molar-refractivity contribution in [3.05, 3.63) is 48.0 Å². The molecule has 2 amide bonds. The summed E-state index contributed by atoms with van der Waals surface area (Å²) in [5, 5.41) is 15.1. The third-order valence-corrected chi connectivity index (χ3v) is 4.49. The van der Waals surface area contributed by atoms with Gasteiger partial charge in [0, 0.05) is 13.0 Å². The second-order valence-corrected chi connectivity index (χ2v) is 7.94. The maximum Gasteiger partial charge on any atom is 0.411 e. The molecule has 27 heavy (non-hydrogen) atoms. The lowest BCUT2D eigenvalue weighted by Crippen LogP contribution is -2.47. The van der Waals surface area contributed by atoms with Crippen LogP contribution >= 0.6 is 0 Å². The Morgan fingerprint density at radius 3 is 2.59 bits per heavy atom. The number of ether oxygens (including phenoxy) is 1. The van der Waals surface area contributed by atoms with Gasteiger partial charge in [0.05, 0.1) is 12.6 Å². The molecule has 0 bridgehead atoms. The zero-order valence-electron chi connectivity index (χ0n) is 15.9. The fourth-order valence-corrected chi connectivity index (χ4v) is 3.24. The molecule has 1 saturated heterocycles. The molecule has 2 aromatic rings. The van der Waals surface area contributed by atoms with Crippen molar-refractivity contribution in [3.63, 3.8) is 0 Å². The number of rotatable bonds is 3. The zero-order chi connectivity index (χ0) is 19.6. The Hall–Kier alpha value is -2.60. The summed E-state index contributed by atoms with van der Waals surface area (Å²) in [6.07, 6.45) is -1.10. The Morgan fingerprint density at radius 2 is 1.89 bits per heavy atom. The number of nitrogens with zero attached hydrogens (tertiary/aromatic N) is 1. The van der Waals surface area contributed by atoms with Gasteiger partial charge in [0.2, 0.25) is 5.91 Å². The van der Waals surface area contributed by atoms with Gasteiger partial charge in [0.1, 0.15) is 11.6 Å². The Balaban J connectivity index is 1.65. The second kappa shape index (κ2) is 7.56. The Bertz CT molecular complexity index is 843. The van der Waals surface area contributed by atoms with Crippen LogP contribution in [0.1, 0.15) is 32.8 Å². The number of aliphatic hydroxyl groups is 1. The topological polar surface area (TPSA) is 78.9 Å². The number of aliphatic hydroxyl groups excluding tert-OH is 1. The first-order valence-corrected chi connectivity index (χ1v) is 9.16. The highest BCUT2D eigenvalue weighted by molar-refractivity contribution is 5.87. The Morgan fingerprint density at radius 1 is 1.19 bits per heavy atom. The van der Waals surface area contributed by atoms with Gasteiger partial charge >= 0.3 is 6.09 Å². The third-order valence-electron chi connectivity index (χ3n) is 4.49. The van der Waals surface area contributed by atoms with Crippen LogP contribution in [0.25, 0.3) is 10.8 Å². The molecule has 144 valence electrons. The molecular weight excluding hydrogens is 344 g/mol. The molecule has 0 aliphatic carbocycles. The van der Waals surface area contributed by atoms with Gasteiger partial charge in [-0.1, -0.05) is 36.4 Å². The molecule has 2 aromatic carbocycles. The van der Waals surface area contributed by atoms with Crippen LogP contribution < -0.4 is 5.32 Å². The zero-order valence-corrected chi connectivity index (χ0v) is 15.9.